The van der Waals surface area contributed by atoms with E-state index in [9.17, 15) is 4.79 Å². The van der Waals surface area contributed by atoms with E-state index >= 15 is 0 Å². The first-order valence-corrected chi connectivity index (χ1v) is 6.09. The van der Waals surface area contributed by atoms with Gasteiger partial charge in [0.25, 0.3) is 5.91 Å². The van der Waals surface area contributed by atoms with E-state index in [1.807, 2.05) is 43.3 Å². The third kappa shape index (κ3) is 2.85. The summed E-state index contributed by atoms with van der Waals surface area (Å²) in [6.45, 7) is 1.99. The number of benzene rings is 2. The number of anilines is 2. The first-order valence-electron chi connectivity index (χ1n) is 6.09. The zero-order valence-electron chi connectivity index (χ0n) is 10.8. The molecular weight excluding hydrogens is 238 g/mol. The largest absolute Gasteiger partial charge is 0.398 e. The Morgan fingerprint density at radius 3 is 2.42 bits per heavy atom. The highest BCUT2D eigenvalue weighted by Crippen LogP contribution is 2.25. The van der Waals surface area contributed by atoms with E-state index in [4.69, 9.17) is 11.5 Å². The van der Waals surface area contributed by atoms with Crippen LogP contribution in [-0.4, -0.2) is 5.91 Å². The highest BCUT2D eigenvalue weighted by Gasteiger charge is 2.12. The molecule has 4 heteroatoms. The number of carbonyl (C=O) groups excluding carboxylic acids is 1. The minimum absolute atomic E-state index is 0.0123. The number of nitrogen functional groups attached to an aromatic ring is 1. The molecule has 2 rings (SSSR count). The van der Waals surface area contributed by atoms with Crippen molar-refractivity contribution in [2.24, 2.45) is 5.73 Å². The van der Waals surface area contributed by atoms with Crippen molar-refractivity contribution in [3.63, 3.8) is 0 Å². The zero-order chi connectivity index (χ0) is 13.8. The summed E-state index contributed by atoms with van der Waals surface area (Å²) < 4.78 is 0. The quantitative estimate of drug-likeness (QED) is 0.734. The van der Waals surface area contributed by atoms with Crippen LogP contribution in [-0.2, 0) is 0 Å². The summed E-state index contributed by atoms with van der Waals surface area (Å²) in [4.78, 5) is 11.4. The summed E-state index contributed by atoms with van der Waals surface area (Å²) in [5, 5.41) is 3.27. The monoisotopic (exact) mass is 255 g/mol. The molecule has 0 heterocycles. The fraction of sp³-hybridized carbons (Fsp3) is 0.133. The van der Waals surface area contributed by atoms with Crippen LogP contribution in [0.25, 0.3) is 0 Å². The predicted molar refractivity (Wildman–Crippen MR) is 77.9 cm³/mol. The minimum atomic E-state index is -0.448. The van der Waals surface area contributed by atoms with E-state index in [0.29, 0.717) is 11.3 Å². The number of nitrogens with two attached hydrogens (primary N) is 2. The van der Waals surface area contributed by atoms with Crippen molar-refractivity contribution < 1.29 is 4.79 Å². The fourth-order valence-electron chi connectivity index (χ4n) is 2.04. The first kappa shape index (κ1) is 13.0. The molecule has 1 atom stereocenters. The first-order chi connectivity index (χ1) is 9.09. The Morgan fingerprint density at radius 2 is 1.74 bits per heavy atom. The molecule has 0 aromatic heterocycles. The Hall–Kier alpha value is -2.49. The van der Waals surface area contributed by atoms with Crippen LogP contribution < -0.4 is 16.8 Å². The topological polar surface area (TPSA) is 81.1 Å². The number of primary amides is 1. The normalized spacial score (nSPS) is 11.8. The van der Waals surface area contributed by atoms with Crippen LogP contribution in [0.4, 0.5) is 11.4 Å². The lowest BCUT2D eigenvalue weighted by Crippen LogP contribution is -2.16. The van der Waals surface area contributed by atoms with Gasteiger partial charge in [0.2, 0.25) is 0 Å². The number of para-hydroxylation sites is 2. The molecule has 0 bridgehead atoms. The summed E-state index contributed by atoms with van der Waals surface area (Å²) >= 11 is 0. The molecular formula is C15H17N3O. The van der Waals surface area contributed by atoms with Gasteiger partial charge < -0.3 is 16.8 Å². The summed E-state index contributed by atoms with van der Waals surface area (Å²) in [7, 11) is 0. The average molecular weight is 255 g/mol. The molecule has 0 saturated carbocycles. The van der Waals surface area contributed by atoms with Gasteiger partial charge in [-0.2, -0.15) is 0 Å². The maximum absolute atomic E-state index is 11.4. The van der Waals surface area contributed by atoms with E-state index in [-0.39, 0.29) is 6.04 Å². The van der Waals surface area contributed by atoms with Gasteiger partial charge >= 0.3 is 0 Å². The molecule has 0 aliphatic heterocycles. The molecule has 19 heavy (non-hydrogen) atoms. The van der Waals surface area contributed by atoms with Crippen molar-refractivity contribution in [3.8, 4) is 0 Å². The van der Waals surface area contributed by atoms with Crippen molar-refractivity contribution in [3.05, 3.63) is 59.7 Å². The van der Waals surface area contributed by atoms with Crippen LogP contribution in [0.1, 0.15) is 28.9 Å². The number of amides is 1. The van der Waals surface area contributed by atoms with Crippen LogP contribution in [0.5, 0.6) is 0 Å². The van der Waals surface area contributed by atoms with Crippen LogP contribution in [0.2, 0.25) is 0 Å². The molecule has 1 unspecified atom stereocenters. The Kier molecular flexibility index (Phi) is 3.71. The third-order valence-corrected chi connectivity index (χ3v) is 3.03. The summed E-state index contributed by atoms with van der Waals surface area (Å²) in [5.74, 6) is -0.448. The Balaban J connectivity index is 2.27. The van der Waals surface area contributed by atoms with Gasteiger partial charge in [0.15, 0.2) is 0 Å². The zero-order valence-corrected chi connectivity index (χ0v) is 10.8. The van der Waals surface area contributed by atoms with Crippen LogP contribution in [0, 0.1) is 0 Å². The maximum atomic E-state index is 11.4. The van der Waals surface area contributed by atoms with Crippen LogP contribution in [0.3, 0.4) is 0 Å². The molecule has 0 aliphatic rings. The van der Waals surface area contributed by atoms with Crippen molar-refractivity contribution in [2.45, 2.75) is 13.0 Å². The van der Waals surface area contributed by atoms with Crippen molar-refractivity contribution >= 4 is 17.3 Å². The number of hydrogen-bond acceptors (Lipinski definition) is 3. The van der Waals surface area contributed by atoms with E-state index in [1.54, 1.807) is 12.1 Å². The lowest BCUT2D eigenvalue weighted by Gasteiger charge is -2.19. The van der Waals surface area contributed by atoms with Gasteiger partial charge in [0.05, 0.1) is 11.6 Å². The standard InChI is InChI=1S/C15H17N3O/c1-10(11-6-2-4-8-13(11)16)18-14-9-5-3-7-12(14)15(17)19/h2-10,18H,16H2,1H3,(H2,17,19). The molecule has 0 aliphatic carbocycles. The Bertz CT molecular complexity index is 595. The van der Waals surface area contributed by atoms with Crippen molar-refractivity contribution in [1.82, 2.24) is 0 Å². The molecule has 4 nitrogen and oxygen atoms in total. The number of rotatable bonds is 4. The Labute approximate surface area is 112 Å². The van der Waals surface area contributed by atoms with Gasteiger partial charge in [-0.05, 0) is 30.7 Å². The third-order valence-electron chi connectivity index (χ3n) is 3.03. The van der Waals surface area contributed by atoms with Gasteiger partial charge in [-0.25, -0.2) is 0 Å². The molecule has 0 spiro atoms. The van der Waals surface area contributed by atoms with Crippen molar-refractivity contribution in [2.75, 3.05) is 11.1 Å². The predicted octanol–water partition coefficient (Wildman–Crippen LogP) is 2.54. The fourth-order valence-corrected chi connectivity index (χ4v) is 2.04. The lowest BCUT2D eigenvalue weighted by molar-refractivity contribution is 0.100. The van der Waals surface area contributed by atoms with Crippen LogP contribution >= 0.6 is 0 Å². The molecule has 1 amide bonds. The van der Waals surface area contributed by atoms with Crippen molar-refractivity contribution in [1.29, 1.82) is 0 Å². The van der Waals surface area contributed by atoms with E-state index in [1.165, 1.54) is 0 Å². The van der Waals surface area contributed by atoms with Gasteiger partial charge in [-0.15, -0.1) is 0 Å². The SMILES string of the molecule is CC(Nc1ccccc1C(N)=O)c1ccccc1N. The van der Waals surface area contributed by atoms with E-state index < -0.39 is 5.91 Å². The summed E-state index contributed by atoms with van der Waals surface area (Å²) in [6, 6.07) is 14.8. The highest BCUT2D eigenvalue weighted by atomic mass is 16.1. The summed E-state index contributed by atoms with van der Waals surface area (Å²) in [5.41, 5.74) is 14.2. The molecule has 0 saturated heterocycles. The molecule has 98 valence electrons. The molecule has 0 fully saturated rings. The second-order valence-electron chi connectivity index (χ2n) is 4.40. The number of hydrogen-bond donors (Lipinski definition) is 3. The lowest BCUT2D eigenvalue weighted by atomic mass is 10.0. The van der Waals surface area contributed by atoms with Gasteiger partial charge in [0.1, 0.15) is 0 Å². The Morgan fingerprint density at radius 1 is 1.11 bits per heavy atom. The van der Waals surface area contributed by atoms with E-state index in [0.717, 1.165) is 11.3 Å². The molecule has 5 N–H and O–H groups in total. The van der Waals surface area contributed by atoms with Gasteiger partial charge in [0, 0.05) is 11.4 Å². The maximum Gasteiger partial charge on any atom is 0.250 e. The molecule has 2 aromatic carbocycles. The van der Waals surface area contributed by atoms with E-state index in [2.05, 4.69) is 5.32 Å². The van der Waals surface area contributed by atoms with Crippen LogP contribution in [0.15, 0.2) is 48.5 Å². The second-order valence-corrected chi connectivity index (χ2v) is 4.40. The average Bonchev–Trinajstić information content (AvgIpc) is 2.39. The molecule has 2 aromatic rings. The molecule has 0 radical (unpaired) electrons. The smallest absolute Gasteiger partial charge is 0.250 e. The minimum Gasteiger partial charge on any atom is -0.398 e. The van der Waals surface area contributed by atoms with Gasteiger partial charge in [-0.3, -0.25) is 4.79 Å². The highest BCUT2D eigenvalue weighted by molar-refractivity contribution is 5.98. The van der Waals surface area contributed by atoms with Gasteiger partial charge in [-0.1, -0.05) is 30.3 Å². The summed E-state index contributed by atoms with van der Waals surface area (Å²) in [6.07, 6.45) is 0. The number of carbonyl (C=O) groups is 1. The number of nitrogens with one attached hydrogen (secondary N) is 1. The second kappa shape index (κ2) is 5.44.